The van der Waals surface area contributed by atoms with E-state index in [1.807, 2.05) is 24.3 Å². The molecule has 0 radical (unpaired) electrons. The Balaban J connectivity index is 1.27. The molecule has 8 nitrogen and oxygen atoms in total. The van der Waals surface area contributed by atoms with Crippen LogP contribution < -0.4 is 4.72 Å². The SMILES string of the molecule is O=C(CCNS(=O)(=O)c1ccc2ccccc2c1)OCc1nc(-c2ccc(Cl)cc2)no1. The Bertz CT molecular complexity index is 1350. The molecule has 0 saturated heterocycles. The molecular weight excluding hydrogens is 454 g/mol. The molecule has 0 aliphatic carbocycles. The second kappa shape index (κ2) is 9.47. The number of nitrogens with one attached hydrogen (secondary N) is 1. The summed E-state index contributed by atoms with van der Waals surface area (Å²) in [5.41, 5.74) is 0.707. The first-order chi connectivity index (χ1) is 15.4. The van der Waals surface area contributed by atoms with E-state index in [1.54, 1.807) is 36.4 Å². The van der Waals surface area contributed by atoms with Gasteiger partial charge in [-0.05, 0) is 47.2 Å². The molecule has 0 aliphatic heterocycles. The number of benzene rings is 3. The van der Waals surface area contributed by atoms with Gasteiger partial charge in [-0.15, -0.1) is 0 Å². The van der Waals surface area contributed by atoms with E-state index in [-0.39, 0.29) is 30.4 Å². The fraction of sp³-hybridized carbons (Fsp3) is 0.136. The van der Waals surface area contributed by atoms with Crippen molar-refractivity contribution in [2.24, 2.45) is 0 Å². The molecule has 0 fully saturated rings. The maximum atomic E-state index is 12.5. The molecule has 1 N–H and O–H groups in total. The second-order valence-corrected chi connectivity index (χ2v) is 9.04. The minimum atomic E-state index is -3.75. The van der Waals surface area contributed by atoms with Gasteiger partial charge >= 0.3 is 5.97 Å². The molecule has 0 aliphatic rings. The highest BCUT2D eigenvalue weighted by atomic mass is 35.5. The van der Waals surface area contributed by atoms with Gasteiger partial charge in [-0.2, -0.15) is 4.98 Å². The molecule has 32 heavy (non-hydrogen) atoms. The standard InChI is InChI=1S/C22H18ClN3O5S/c23-18-8-5-16(6-9-18)22-25-20(31-26-22)14-30-21(27)11-12-24-32(28,29)19-10-7-15-3-1-2-4-17(15)13-19/h1-10,13,24H,11-12,14H2. The predicted octanol–water partition coefficient (Wildman–Crippen LogP) is 3.96. The summed E-state index contributed by atoms with van der Waals surface area (Å²) in [6.45, 7) is -0.315. The number of esters is 1. The lowest BCUT2D eigenvalue weighted by molar-refractivity contribution is -0.145. The highest BCUT2D eigenvalue weighted by Gasteiger charge is 2.16. The molecule has 3 aromatic carbocycles. The molecule has 0 bridgehead atoms. The van der Waals surface area contributed by atoms with E-state index >= 15 is 0 Å². The van der Waals surface area contributed by atoms with Gasteiger partial charge in [-0.1, -0.05) is 47.1 Å². The van der Waals surface area contributed by atoms with Crippen molar-refractivity contribution in [3.63, 3.8) is 0 Å². The number of halogens is 1. The highest BCUT2D eigenvalue weighted by Crippen LogP contribution is 2.20. The largest absolute Gasteiger partial charge is 0.456 e. The van der Waals surface area contributed by atoms with E-state index in [2.05, 4.69) is 14.9 Å². The van der Waals surface area contributed by atoms with E-state index in [0.717, 1.165) is 10.8 Å². The quantitative estimate of drug-likeness (QED) is 0.387. The molecule has 164 valence electrons. The molecule has 10 heteroatoms. The minimum absolute atomic E-state index is 0.103. The van der Waals surface area contributed by atoms with Crippen LogP contribution >= 0.6 is 11.6 Å². The number of nitrogens with zero attached hydrogens (tertiary/aromatic N) is 2. The maximum Gasteiger partial charge on any atom is 0.307 e. The molecule has 0 atom stereocenters. The van der Waals surface area contributed by atoms with Crippen molar-refractivity contribution in [1.29, 1.82) is 0 Å². The van der Waals surface area contributed by atoms with Crippen molar-refractivity contribution in [2.75, 3.05) is 6.54 Å². The van der Waals surface area contributed by atoms with E-state index in [1.165, 1.54) is 6.07 Å². The van der Waals surface area contributed by atoms with Crippen molar-refractivity contribution in [1.82, 2.24) is 14.9 Å². The van der Waals surface area contributed by atoms with Gasteiger partial charge in [0.25, 0.3) is 5.89 Å². The molecule has 0 unspecified atom stereocenters. The first kappa shape index (κ1) is 21.9. The van der Waals surface area contributed by atoms with Crippen molar-refractivity contribution in [3.05, 3.63) is 77.6 Å². The van der Waals surface area contributed by atoms with Crippen molar-refractivity contribution < 1.29 is 22.5 Å². The summed E-state index contributed by atoms with van der Waals surface area (Å²) in [6, 6.07) is 19.2. The summed E-state index contributed by atoms with van der Waals surface area (Å²) in [5.74, 6) is -0.131. The monoisotopic (exact) mass is 471 g/mol. The van der Waals surface area contributed by atoms with Crippen LogP contribution in [0.5, 0.6) is 0 Å². The number of fused-ring (bicyclic) bond motifs is 1. The van der Waals surface area contributed by atoms with Crippen LogP contribution in [0.3, 0.4) is 0 Å². The van der Waals surface area contributed by atoms with Gasteiger partial charge in [0.05, 0.1) is 11.3 Å². The number of rotatable bonds is 8. The van der Waals surface area contributed by atoms with Gasteiger partial charge in [0.2, 0.25) is 15.8 Å². The lowest BCUT2D eigenvalue weighted by Crippen LogP contribution is -2.26. The summed E-state index contributed by atoms with van der Waals surface area (Å²) >= 11 is 5.85. The third kappa shape index (κ3) is 5.31. The van der Waals surface area contributed by atoms with Crippen LogP contribution in [-0.2, 0) is 26.2 Å². The minimum Gasteiger partial charge on any atom is -0.456 e. The van der Waals surface area contributed by atoms with Crippen LogP contribution in [0, 0.1) is 0 Å². The van der Waals surface area contributed by atoms with Crippen LogP contribution in [0.2, 0.25) is 5.02 Å². The van der Waals surface area contributed by atoms with Crippen molar-refractivity contribution in [2.45, 2.75) is 17.9 Å². The van der Waals surface area contributed by atoms with Gasteiger partial charge < -0.3 is 9.26 Å². The number of hydrogen-bond acceptors (Lipinski definition) is 7. The number of aromatic nitrogens is 2. The number of ether oxygens (including phenoxy) is 1. The molecule has 0 saturated carbocycles. The second-order valence-electron chi connectivity index (χ2n) is 6.84. The Morgan fingerprint density at radius 1 is 1.03 bits per heavy atom. The summed E-state index contributed by atoms with van der Waals surface area (Å²) in [7, 11) is -3.75. The number of carbonyl (C=O) groups excluding carboxylic acids is 1. The normalized spacial score (nSPS) is 11.5. The average Bonchev–Trinajstić information content (AvgIpc) is 3.27. The third-order valence-corrected chi connectivity index (χ3v) is 6.29. The Labute approximate surface area is 189 Å². The van der Waals surface area contributed by atoms with Crippen LogP contribution in [0.15, 0.2) is 76.1 Å². The first-order valence-electron chi connectivity index (χ1n) is 9.63. The van der Waals surface area contributed by atoms with Gasteiger partial charge in [-0.3, -0.25) is 4.79 Å². The zero-order chi connectivity index (χ0) is 22.6. The zero-order valence-corrected chi connectivity index (χ0v) is 18.3. The topological polar surface area (TPSA) is 111 Å². The molecule has 4 rings (SSSR count). The number of sulfonamides is 1. The summed E-state index contributed by atoms with van der Waals surface area (Å²) in [5, 5.41) is 6.17. The zero-order valence-electron chi connectivity index (χ0n) is 16.7. The molecule has 0 amide bonds. The van der Waals surface area contributed by atoms with Crippen LogP contribution in [0.1, 0.15) is 12.3 Å². The van der Waals surface area contributed by atoms with Crippen molar-refractivity contribution >= 4 is 38.4 Å². The third-order valence-electron chi connectivity index (χ3n) is 4.58. The van der Waals surface area contributed by atoms with Crippen molar-refractivity contribution in [3.8, 4) is 11.4 Å². The fourth-order valence-corrected chi connectivity index (χ4v) is 4.14. The van der Waals surface area contributed by atoms with E-state index in [9.17, 15) is 13.2 Å². The van der Waals surface area contributed by atoms with E-state index in [0.29, 0.717) is 16.4 Å². The number of hydrogen-bond donors (Lipinski definition) is 1. The maximum absolute atomic E-state index is 12.5. The lowest BCUT2D eigenvalue weighted by atomic mass is 10.1. The molecule has 0 spiro atoms. The van der Waals surface area contributed by atoms with E-state index in [4.69, 9.17) is 20.9 Å². The van der Waals surface area contributed by atoms with Gasteiger partial charge in [0.1, 0.15) is 0 Å². The van der Waals surface area contributed by atoms with Gasteiger partial charge in [-0.25, -0.2) is 13.1 Å². The lowest BCUT2D eigenvalue weighted by Gasteiger charge is -2.08. The Kier molecular flexibility index (Phi) is 6.50. The highest BCUT2D eigenvalue weighted by molar-refractivity contribution is 7.89. The summed E-state index contributed by atoms with van der Waals surface area (Å²) < 4.78 is 37.5. The smallest absolute Gasteiger partial charge is 0.307 e. The first-order valence-corrected chi connectivity index (χ1v) is 11.5. The molecule has 1 aromatic heterocycles. The summed E-state index contributed by atoms with van der Waals surface area (Å²) in [4.78, 5) is 16.3. The fourth-order valence-electron chi connectivity index (χ4n) is 2.95. The Morgan fingerprint density at radius 2 is 1.78 bits per heavy atom. The Morgan fingerprint density at radius 3 is 2.56 bits per heavy atom. The van der Waals surface area contributed by atoms with Crippen LogP contribution in [0.4, 0.5) is 0 Å². The van der Waals surface area contributed by atoms with Crippen LogP contribution in [-0.4, -0.2) is 31.1 Å². The molecule has 1 heterocycles. The average molecular weight is 472 g/mol. The van der Waals surface area contributed by atoms with Crippen LogP contribution in [0.25, 0.3) is 22.2 Å². The van der Waals surface area contributed by atoms with Gasteiger partial charge in [0.15, 0.2) is 6.61 Å². The molecular formula is C22H18ClN3O5S. The predicted molar refractivity (Wildman–Crippen MR) is 118 cm³/mol. The van der Waals surface area contributed by atoms with Gasteiger partial charge in [0, 0.05) is 17.1 Å². The summed E-state index contributed by atoms with van der Waals surface area (Å²) in [6.07, 6.45) is -0.148. The Hall–Kier alpha value is -3.27. The molecule has 4 aromatic rings. The van der Waals surface area contributed by atoms with E-state index < -0.39 is 16.0 Å². The number of carbonyl (C=O) groups is 1.